The van der Waals surface area contributed by atoms with Crippen LogP contribution in [0.15, 0.2) is 48.5 Å². The molecular weight excluding hydrogens is 877 g/mol. The number of fused-ring (bicyclic) bond motifs is 2. The van der Waals surface area contributed by atoms with Crippen molar-refractivity contribution in [1.29, 1.82) is 0 Å². The van der Waals surface area contributed by atoms with Crippen molar-refractivity contribution < 1.29 is 49.2 Å². The highest BCUT2D eigenvalue weighted by molar-refractivity contribution is 5.93. The molecular formula is C48H76N10O10. The normalized spacial score (nSPS) is 12.7. The number of para-hydroxylation sites is 1. The first-order valence-corrected chi connectivity index (χ1v) is 23.7. The maximum atomic E-state index is 12.0. The highest BCUT2D eigenvalue weighted by atomic mass is 16.5. The molecule has 1 heterocycles. The molecule has 3 rings (SSSR count). The van der Waals surface area contributed by atoms with Gasteiger partial charge in [0.1, 0.15) is 6.29 Å². The molecule has 1 aliphatic heterocycles. The molecule has 1 aliphatic rings. The Morgan fingerprint density at radius 3 is 1.57 bits per heavy atom. The van der Waals surface area contributed by atoms with Gasteiger partial charge in [-0.25, -0.2) is 21.0 Å². The van der Waals surface area contributed by atoms with E-state index >= 15 is 0 Å². The zero-order valence-corrected chi connectivity index (χ0v) is 40.3. The van der Waals surface area contributed by atoms with E-state index in [4.69, 9.17) is 11.6 Å². The van der Waals surface area contributed by atoms with Crippen molar-refractivity contribution in [1.82, 2.24) is 36.1 Å². The van der Waals surface area contributed by atoms with Crippen molar-refractivity contribution in [2.45, 2.75) is 123 Å². The molecule has 20 nitrogen and oxygen atoms in total. The first-order chi connectivity index (χ1) is 32.6. The van der Waals surface area contributed by atoms with Crippen molar-refractivity contribution in [3.63, 3.8) is 0 Å². The van der Waals surface area contributed by atoms with Crippen LogP contribution < -0.4 is 32.4 Å². The van der Waals surface area contributed by atoms with Crippen LogP contribution in [0, 0.1) is 0 Å². The third-order valence-electron chi connectivity index (χ3n) is 11.0. The van der Waals surface area contributed by atoms with Crippen LogP contribution in [-0.2, 0) is 40.1 Å². The summed E-state index contributed by atoms with van der Waals surface area (Å²) in [6.07, 6.45) is 7.15. The third-order valence-corrected chi connectivity index (χ3v) is 11.0. The lowest BCUT2D eigenvalue weighted by Gasteiger charge is -2.32. The van der Waals surface area contributed by atoms with Crippen molar-refractivity contribution in [3.05, 3.63) is 65.2 Å². The van der Waals surface area contributed by atoms with E-state index in [1.54, 1.807) is 5.01 Å². The molecule has 2 aromatic carbocycles. The first-order valence-electron chi connectivity index (χ1n) is 23.7. The minimum atomic E-state index is -0.566. The van der Waals surface area contributed by atoms with E-state index < -0.39 is 17.7 Å². The van der Waals surface area contributed by atoms with Gasteiger partial charge in [0.05, 0.1) is 11.4 Å². The van der Waals surface area contributed by atoms with Gasteiger partial charge < -0.3 is 36.4 Å². The zero-order valence-electron chi connectivity index (χ0n) is 40.3. The highest BCUT2D eigenvalue weighted by Crippen LogP contribution is 2.36. The van der Waals surface area contributed by atoms with E-state index in [2.05, 4.69) is 71.2 Å². The van der Waals surface area contributed by atoms with Gasteiger partial charge in [-0.2, -0.15) is 0 Å². The standard InChI is InChI=1S/C29H52N6O10.C19H24N4/c1-24(37)33(43)20-8-2-5-18-31-26(39)13-15-29(42)35(45)22-10-4-7-19-32-27(40)14-16-28(41)34(44)21-9-3-6-17-30-25(38)12-11-23-36;1-3-12-23(21)19-16-10-6-7-11-17(16)22(2)13-14-8-4-5-9-15(14)18(19)20/h23,43-45H,2-22H2,1H3,(H,30,38)(H,31,39)(H,32,40);4-11H,3,12-13,20-21H2,1-2H3/b;19-18-. The number of aldehydes is 1. The fourth-order valence-corrected chi connectivity index (χ4v) is 7.14. The number of carbonyl (C=O) groups excluding carboxylic acids is 7. The van der Waals surface area contributed by atoms with Crippen LogP contribution in [0.5, 0.6) is 0 Å². The van der Waals surface area contributed by atoms with Crippen molar-refractivity contribution in [3.8, 4) is 0 Å². The lowest BCUT2D eigenvalue weighted by atomic mass is 9.96. The predicted octanol–water partition coefficient (Wildman–Crippen LogP) is 4.07. The molecule has 0 bridgehead atoms. The second-order valence-corrected chi connectivity index (χ2v) is 16.6. The molecule has 0 radical (unpaired) electrons. The maximum Gasteiger partial charge on any atom is 0.246 e. The number of benzene rings is 2. The average Bonchev–Trinajstić information content (AvgIpc) is 3.32. The Morgan fingerprint density at radius 1 is 0.632 bits per heavy atom. The van der Waals surface area contributed by atoms with Crippen molar-refractivity contribution >= 4 is 58.8 Å². The Morgan fingerprint density at radius 2 is 1.09 bits per heavy atom. The van der Waals surface area contributed by atoms with Crippen molar-refractivity contribution in [2.75, 3.05) is 57.8 Å². The van der Waals surface area contributed by atoms with Crippen LogP contribution in [0.4, 0.5) is 5.69 Å². The molecule has 0 aromatic heterocycles. The van der Waals surface area contributed by atoms with Gasteiger partial charge in [-0.3, -0.25) is 44.4 Å². The Balaban J connectivity index is 0.000000568. The summed E-state index contributed by atoms with van der Waals surface area (Å²) in [5, 5.41) is 40.7. The molecule has 20 heteroatoms. The molecule has 0 aliphatic carbocycles. The molecule has 6 amide bonds. The van der Waals surface area contributed by atoms with Crippen LogP contribution in [0.1, 0.15) is 133 Å². The quantitative estimate of drug-likeness (QED) is 0.0180. The Hall–Kier alpha value is -6.09. The van der Waals surface area contributed by atoms with Gasteiger partial charge in [-0.05, 0) is 75.8 Å². The summed E-state index contributed by atoms with van der Waals surface area (Å²) < 4.78 is 0. The lowest BCUT2D eigenvalue weighted by Crippen LogP contribution is -2.34. The molecule has 2 aromatic rings. The van der Waals surface area contributed by atoms with E-state index in [-0.39, 0.29) is 75.9 Å². The number of amides is 6. The Kier molecular flexibility index (Phi) is 28.5. The summed E-state index contributed by atoms with van der Waals surface area (Å²) in [5.41, 5.74) is 12.7. The van der Waals surface area contributed by atoms with Crippen LogP contribution in [0.3, 0.4) is 0 Å². The molecule has 10 N–H and O–H groups in total. The van der Waals surface area contributed by atoms with E-state index in [1.165, 1.54) is 12.5 Å². The number of rotatable bonds is 30. The molecule has 0 atom stereocenters. The predicted molar refractivity (Wildman–Crippen MR) is 258 cm³/mol. The number of nitrogens with zero attached hydrogens (tertiary/aromatic N) is 5. The van der Waals surface area contributed by atoms with Gasteiger partial charge in [0.25, 0.3) is 0 Å². The summed E-state index contributed by atoms with van der Waals surface area (Å²) in [7, 11) is 2.11. The maximum absolute atomic E-state index is 12.0. The number of hydrazine groups is 1. The summed E-state index contributed by atoms with van der Waals surface area (Å²) in [6.45, 7) is 6.62. The smallest absolute Gasteiger partial charge is 0.246 e. The van der Waals surface area contributed by atoms with Gasteiger partial charge in [0, 0.05) is 122 Å². The van der Waals surface area contributed by atoms with Gasteiger partial charge in [0.2, 0.25) is 35.4 Å². The fourth-order valence-electron chi connectivity index (χ4n) is 7.14. The summed E-state index contributed by atoms with van der Waals surface area (Å²) >= 11 is 0. The molecule has 378 valence electrons. The topological polar surface area (TPSA) is 285 Å². The van der Waals surface area contributed by atoms with Gasteiger partial charge in [0.15, 0.2) is 0 Å². The van der Waals surface area contributed by atoms with Crippen LogP contribution in [0.25, 0.3) is 11.4 Å². The third kappa shape index (κ3) is 22.6. The van der Waals surface area contributed by atoms with Gasteiger partial charge >= 0.3 is 0 Å². The second-order valence-electron chi connectivity index (χ2n) is 16.6. The van der Waals surface area contributed by atoms with Gasteiger partial charge in [-0.1, -0.05) is 49.4 Å². The number of hydrogen-bond donors (Lipinski definition) is 8. The van der Waals surface area contributed by atoms with Crippen molar-refractivity contribution in [2.24, 2.45) is 11.6 Å². The number of carbonyl (C=O) groups is 7. The van der Waals surface area contributed by atoms with Gasteiger partial charge in [-0.15, -0.1) is 0 Å². The van der Waals surface area contributed by atoms with E-state index in [0.717, 1.165) is 47.7 Å². The van der Waals surface area contributed by atoms with E-state index in [0.29, 0.717) is 98.9 Å². The number of hydrogen-bond acceptors (Lipinski definition) is 14. The summed E-state index contributed by atoms with van der Waals surface area (Å²) in [6, 6.07) is 16.6. The number of anilines is 1. The minimum Gasteiger partial charge on any atom is -0.396 e. The monoisotopic (exact) mass is 953 g/mol. The number of hydroxylamine groups is 6. The Labute approximate surface area is 400 Å². The molecule has 0 unspecified atom stereocenters. The fraction of sp³-hybridized carbons (Fsp3) is 0.562. The lowest BCUT2D eigenvalue weighted by molar-refractivity contribution is -0.166. The van der Waals surface area contributed by atoms with Crippen LogP contribution in [-0.4, -0.2) is 130 Å². The summed E-state index contributed by atoms with van der Waals surface area (Å²) in [4.78, 5) is 82.6. The second kappa shape index (κ2) is 33.4. The molecule has 68 heavy (non-hydrogen) atoms. The average molecular weight is 953 g/mol. The number of unbranched alkanes of at least 4 members (excludes halogenated alkanes) is 6. The zero-order chi connectivity index (χ0) is 50.3. The minimum absolute atomic E-state index is 0.0564. The molecule has 0 fully saturated rings. The number of nitrogens with one attached hydrogen (secondary N) is 3. The molecule has 0 saturated heterocycles. The highest BCUT2D eigenvalue weighted by Gasteiger charge is 2.23. The Bertz CT molecular complexity index is 1930. The van der Waals surface area contributed by atoms with Crippen LogP contribution >= 0.6 is 0 Å². The van der Waals surface area contributed by atoms with E-state index in [9.17, 15) is 49.2 Å². The summed E-state index contributed by atoms with van der Waals surface area (Å²) in [5.74, 6) is 3.98. The molecule has 0 spiro atoms. The largest absolute Gasteiger partial charge is 0.396 e. The van der Waals surface area contributed by atoms with E-state index in [1.807, 2.05) is 12.1 Å². The first kappa shape index (κ1) is 58.0. The SMILES string of the molecule is CC(=O)N(O)CCCCCNC(=O)CCC(=O)N(O)CCCCCNC(=O)CCC(=O)N(O)CCCCCNC(=O)CCC=O.CCCN(N)/C1=C(\N)c2ccccc2CN(C)c2ccccc21. The number of nitrogens with two attached hydrogens (primary N) is 2. The van der Waals surface area contributed by atoms with Crippen LogP contribution in [0.2, 0.25) is 0 Å². The molecule has 0 saturated carbocycles.